The molecule has 1 fully saturated rings. The number of carbonyl (C=O) groups is 1. The van der Waals surface area contributed by atoms with E-state index in [1.807, 2.05) is 23.7 Å². The molecule has 1 N–H and O–H groups in total. The van der Waals surface area contributed by atoms with Crippen LogP contribution in [0.3, 0.4) is 0 Å². The average Bonchev–Trinajstić information content (AvgIpc) is 3.12. The third-order valence-electron chi connectivity index (χ3n) is 5.06. The minimum atomic E-state index is 0.0410. The number of rotatable bonds is 8. The van der Waals surface area contributed by atoms with E-state index in [0.717, 1.165) is 18.4 Å². The molecule has 158 valence electrons. The summed E-state index contributed by atoms with van der Waals surface area (Å²) >= 11 is 1.38. The number of benzene rings is 1. The first-order valence-electron chi connectivity index (χ1n) is 9.69. The van der Waals surface area contributed by atoms with Gasteiger partial charge in [0.1, 0.15) is 0 Å². The molecule has 1 aliphatic rings. The maximum atomic E-state index is 12.3. The van der Waals surface area contributed by atoms with E-state index in [2.05, 4.69) is 15.5 Å². The van der Waals surface area contributed by atoms with E-state index in [-0.39, 0.29) is 5.91 Å². The van der Waals surface area contributed by atoms with E-state index in [1.54, 1.807) is 21.3 Å². The normalized spacial score (nSPS) is 14.5. The van der Waals surface area contributed by atoms with Gasteiger partial charge in [0.25, 0.3) is 0 Å². The van der Waals surface area contributed by atoms with Gasteiger partial charge < -0.3 is 24.1 Å². The van der Waals surface area contributed by atoms with Crippen LogP contribution in [0.25, 0.3) is 11.4 Å². The van der Waals surface area contributed by atoms with Gasteiger partial charge in [-0.1, -0.05) is 31.0 Å². The Hall–Kier alpha value is -2.42. The van der Waals surface area contributed by atoms with Gasteiger partial charge >= 0.3 is 0 Å². The standard InChI is InChI=1S/C20H28N4O4S/c1-24-19(13-10-15(26-2)18(28-4)16(11-13)27-3)22-23-20(24)29-12-17(25)21-14-8-6-5-7-9-14/h10-11,14H,5-9,12H2,1-4H3,(H,21,25). The van der Waals surface area contributed by atoms with Crippen LogP contribution in [0.1, 0.15) is 32.1 Å². The largest absolute Gasteiger partial charge is 0.493 e. The number of nitrogens with zero attached hydrogens (tertiary/aromatic N) is 3. The second-order valence-corrected chi connectivity index (χ2v) is 7.91. The Morgan fingerprint density at radius 1 is 1.10 bits per heavy atom. The molecule has 0 radical (unpaired) electrons. The lowest BCUT2D eigenvalue weighted by Gasteiger charge is -2.22. The summed E-state index contributed by atoms with van der Waals surface area (Å²) in [6.45, 7) is 0. The van der Waals surface area contributed by atoms with Gasteiger partial charge in [-0.15, -0.1) is 10.2 Å². The third-order valence-corrected chi connectivity index (χ3v) is 6.08. The van der Waals surface area contributed by atoms with Crippen molar-refractivity contribution in [3.05, 3.63) is 12.1 Å². The Labute approximate surface area is 175 Å². The minimum Gasteiger partial charge on any atom is -0.493 e. The highest BCUT2D eigenvalue weighted by molar-refractivity contribution is 7.99. The Bertz CT molecular complexity index is 824. The number of thioether (sulfide) groups is 1. The topological polar surface area (TPSA) is 87.5 Å². The van der Waals surface area contributed by atoms with Crippen LogP contribution in [-0.4, -0.2) is 53.8 Å². The van der Waals surface area contributed by atoms with Crippen LogP contribution in [0.2, 0.25) is 0 Å². The van der Waals surface area contributed by atoms with Crippen molar-refractivity contribution in [1.29, 1.82) is 0 Å². The summed E-state index contributed by atoms with van der Waals surface area (Å²) in [5.74, 6) is 2.63. The van der Waals surface area contributed by atoms with Gasteiger partial charge in [-0.05, 0) is 25.0 Å². The maximum Gasteiger partial charge on any atom is 0.230 e. The lowest BCUT2D eigenvalue weighted by molar-refractivity contribution is -0.119. The first-order chi connectivity index (χ1) is 14.1. The molecule has 8 nitrogen and oxygen atoms in total. The highest BCUT2D eigenvalue weighted by atomic mass is 32.2. The lowest BCUT2D eigenvalue weighted by Crippen LogP contribution is -2.37. The van der Waals surface area contributed by atoms with E-state index in [9.17, 15) is 4.79 Å². The van der Waals surface area contributed by atoms with Crippen LogP contribution in [0, 0.1) is 0 Å². The molecule has 9 heteroatoms. The van der Waals surface area contributed by atoms with E-state index >= 15 is 0 Å². The second-order valence-electron chi connectivity index (χ2n) is 6.97. The van der Waals surface area contributed by atoms with Crippen molar-refractivity contribution in [2.24, 2.45) is 7.05 Å². The number of hydrogen-bond donors (Lipinski definition) is 1. The van der Waals surface area contributed by atoms with E-state index in [0.29, 0.717) is 40.0 Å². The molecule has 1 aliphatic carbocycles. The molecule has 29 heavy (non-hydrogen) atoms. The van der Waals surface area contributed by atoms with Crippen LogP contribution >= 0.6 is 11.8 Å². The summed E-state index contributed by atoms with van der Waals surface area (Å²) in [4.78, 5) is 12.3. The summed E-state index contributed by atoms with van der Waals surface area (Å²) < 4.78 is 18.1. The highest BCUT2D eigenvalue weighted by Crippen LogP contribution is 2.41. The van der Waals surface area contributed by atoms with Crippen LogP contribution < -0.4 is 19.5 Å². The van der Waals surface area contributed by atoms with E-state index in [1.165, 1.54) is 31.0 Å². The van der Waals surface area contributed by atoms with Crippen molar-refractivity contribution in [2.45, 2.75) is 43.3 Å². The van der Waals surface area contributed by atoms with E-state index < -0.39 is 0 Å². The molecule has 1 aromatic carbocycles. The van der Waals surface area contributed by atoms with Gasteiger partial charge in [0.05, 0.1) is 27.1 Å². The summed E-state index contributed by atoms with van der Waals surface area (Å²) in [6, 6.07) is 3.97. The molecule has 1 saturated carbocycles. The van der Waals surface area contributed by atoms with Gasteiger partial charge in [0.15, 0.2) is 22.5 Å². The number of hydrogen-bond acceptors (Lipinski definition) is 7. The smallest absolute Gasteiger partial charge is 0.230 e. The lowest BCUT2D eigenvalue weighted by atomic mass is 9.95. The minimum absolute atomic E-state index is 0.0410. The van der Waals surface area contributed by atoms with Crippen LogP contribution in [0.4, 0.5) is 0 Å². The quantitative estimate of drug-likeness (QED) is 0.657. The second kappa shape index (κ2) is 9.87. The monoisotopic (exact) mass is 420 g/mol. The Kier molecular flexibility index (Phi) is 7.24. The Morgan fingerprint density at radius 3 is 2.34 bits per heavy atom. The van der Waals surface area contributed by atoms with Gasteiger partial charge in [0, 0.05) is 18.7 Å². The molecule has 2 aromatic rings. The molecule has 0 bridgehead atoms. The number of carbonyl (C=O) groups excluding carboxylic acids is 1. The van der Waals surface area contributed by atoms with Crippen molar-refractivity contribution < 1.29 is 19.0 Å². The fourth-order valence-corrected chi connectivity index (χ4v) is 4.27. The number of ether oxygens (including phenoxy) is 3. The zero-order chi connectivity index (χ0) is 20.8. The van der Waals surface area contributed by atoms with Crippen molar-refractivity contribution in [3.8, 4) is 28.6 Å². The molecule has 0 spiro atoms. The maximum absolute atomic E-state index is 12.3. The molecule has 1 aromatic heterocycles. The van der Waals surface area contributed by atoms with Gasteiger partial charge in [-0.2, -0.15) is 0 Å². The summed E-state index contributed by atoms with van der Waals surface area (Å²) in [5, 5.41) is 12.3. The molecule has 0 saturated heterocycles. The predicted octanol–water partition coefficient (Wildman–Crippen LogP) is 3.05. The highest BCUT2D eigenvalue weighted by Gasteiger charge is 2.20. The number of aromatic nitrogens is 3. The zero-order valence-corrected chi connectivity index (χ0v) is 18.2. The van der Waals surface area contributed by atoms with Gasteiger partial charge in [-0.3, -0.25) is 4.79 Å². The summed E-state index contributed by atoms with van der Waals surface area (Å²) in [7, 11) is 6.59. The van der Waals surface area contributed by atoms with Crippen molar-refractivity contribution in [1.82, 2.24) is 20.1 Å². The van der Waals surface area contributed by atoms with Crippen molar-refractivity contribution in [2.75, 3.05) is 27.1 Å². The van der Waals surface area contributed by atoms with Crippen LogP contribution in [0.5, 0.6) is 17.2 Å². The molecule has 0 atom stereocenters. The van der Waals surface area contributed by atoms with Crippen molar-refractivity contribution >= 4 is 17.7 Å². The predicted molar refractivity (Wildman–Crippen MR) is 112 cm³/mol. The third kappa shape index (κ3) is 4.95. The van der Waals surface area contributed by atoms with E-state index in [4.69, 9.17) is 14.2 Å². The summed E-state index contributed by atoms with van der Waals surface area (Å²) in [6.07, 6.45) is 5.81. The van der Waals surface area contributed by atoms with Gasteiger partial charge in [-0.25, -0.2) is 0 Å². The Balaban J connectivity index is 1.71. The fraction of sp³-hybridized carbons (Fsp3) is 0.550. The zero-order valence-electron chi connectivity index (χ0n) is 17.4. The Morgan fingerprint density at radius 2 is 1.76 bits per heavy atom. The molecule has 3 rings (SSSR count). The molecule has 0 unspecified atom stereocenters. The number of amides is 1. The molecule has 1 amide bonds. The fourth-order valence-electron chi connectivity index (χ4n) is 3.55. The molecule has 0 aliphatic heterocycles. The summed E-state index contributed by atoms with van der Waals surface area (Å²) in [5.41, 5.74) is 0.785. The molecule has 1 heterocycles. The SMILES string of the molecule is COc1cc(-c2nnc(SCC(=O)NC3CCCCC3)n2C)cc(OC)c1OC. The van der Waals surface area contributed by atoms with Crippen molar-refractivity contribution in [3.63, 3.8) is 0 Å². The van der Waals surface area contributed by atoms with Crippen LogP contribution in [-0.2, 0) is 11.8 Å². The number of methoxy groups -OCH3 is 3. The van der Waals surface area contributed by atoms with Gasteiger partial charge in [0.2, 0.25) is 11.7 Å². The average molecular weight is 421 g/mol. The van der Waals surface area contributed by atoms with Crippen LogP contribution in [0.15, 0.2) is 17.3 Å². The first-order valence-corrected chi connectivity index (χ1v) is 10.7. The molecular formula is C20H28N4O4S. The number of nitrogens with one attached hydrogen (secondary N) is 1. The molecular weight excluding hydrogens is 392 g/mol. The first kappa shape index (κ1) is 21.3.